The molecular formula is C25H32N2. The molecule has 0 N–H and O–H groups in total. The van der Waals surface area contributed by atoms with Gasteiger partial charge in [0.1, 0.15) is 0 Å². The molecule has 1 saturated heterocycles. The molecule has 2 aromatic carbocycles. The lowest BCUT2D eigenvalue weighted by Gasteiger charge is -2.44. The van der Waals surface area contributed by atoms with E-state index in [1.165, 1.54) is 36.9 Å². The standard InChI is InChI=1S/C25H32N2/c1-17-11-5-10-16-23(17)26-18(2)24-21-14-8-9-15-22(21)25(4,27(24)19(26)3)20-12-6-7-13-20/h5,8-11,14-16,18-20,24H,6-7,12-13H2,1-4H3/t18-,19?,24?,25?/m0/s1. The van der Waals surface area contributed by atoms with Crippen LogP contribution in [0.15, 0.2) is 48.5 Å². The molecule has 2 fully saturated rings. The van der Waals surface area contributed by atoms with Crippen molar-refractivity contribution in [3.8, 4) is 0 Å². The quantitative estimate of drug-likeness (QED) is 0.647. The zero-order valence-electron chi connectivity index (χ0n) is 17.2. The first-order chi connectivity index (χ1) is 13.0. The SMILES string of the molecule is Cc1ccccc1N1C(C)N2C(c3ccccc3C2(C)C2CCCC2)[C@@H]1C. The molecule has 0 amide bonds. The van der Waals surface area contributed by atoms with Crippen molar-refractivity contribution in [2.24, 2.45) is 5.92 Å². The van der Waals surface area contributed by atoms with Crippen molar-refractivity contribution >= 4 is 5.69 Å². The predicted molar refractivity (Wildman–Crippen MR) is 113 cm³/mol. The van der Waals surface area contributed by atoms with Gasteiger partial charge in [-0.1, -0.05) is 55.3 Å². The third-order valence-corrected chi connectivity index (χ3v) is 7.91. The fourth-order valence-electron chi connectivity index (χ4n) is 6.73. The van der Waals surface area contributed by atoms with Gasteiger partial charge in [-0.05, 0) is 69.2 Å². The number of aryl methyl sites for hydroxylation is 1. The maximum Gasteiger partial charge on any atom is 0.0809 e. The molecule has 0 bridgehead atoms. The molecule has 1 aliphatic carbocycles. The van der Waals surface area contributed by atoms with E-state index in [2.05, 4.69) is 86.0 Å². The van der Waals surface area contributed by atoms with Gasteiger partial charge in [-0.15, -0.1) is 0 Å². The van der Waals surface area contributed by atoms with Crippen molar-refractivity contribution in [1.29, 1.82) is 0 Å². The largest absolute Gasteiger partial charge is 0.351 e. The van der Waals surface area contributed by atoms with E-state index in [4.69, 9.17) is 0 Å². The Kier molecular flexibility index (Phi) is 3.91. The normalized spacial score (nSPS) is 33.5. The van der Waals surface area contributed by atoms with Gasteiger partial charge in [0.15, 0.2) is 0 Å². The number of anilines is 1. The van der Waals surface area contributed by atoms with Crippen LogP contribution in [0.25, 0.3) is 0 Å². The minimum atomic E-state index is 0.156. The lowest BCUT2D eigenvalue weighted by atomic mass is 9.78. The second-order valence-corrected chi connectivity index (χ2v) is 9.13. The average molecular weight is 361 g/mol. The van der Waals surface area contributed by atoms with Gasteiger partial charge in [0.05, 0.1) is 12.2 Å². The monoisotopic (exact) mass is 360 g/mol. The van der Waals surface area contributed by atoms with E-state index >= 15 is 0 Å². The molecule has 2 heteroatoms. The van der Waals surface area contributed by atoms with Crippen LogP contribution in [0, 0.1) is 12.8 Å². The Bertz CT molecular complexity index is 853. The Labute approximate surface area is 164 Å². The first kappa shape index (κ1) is 17.3. The van der Waals surface area contributed by atoms with Crippen molar-refractivity contribution in [3.05, 3.63) is 65.2 Å². The highest BCUT2D eigenvalue weighted by atomic mass is 15.5. The fourth-order valence-corrected chi connectivity index (χ4v) is 6.73. The summed E-state index contributed by atoms with van der Waals surface area (Å²) in [5, 5.41) is 0. The number of hydrogen-bond donors (Lipinski definition) is 0. The van der Waals surface area contributed by atoms with Crippen LogP contribution in [-0.2, 0) is 5.54 Å². The highest BCUT2D eigenvalue weighted by molar-refractivity contribution is 5.58. The molecule has 0 aromatic heterocycles. The summed E-state index contributed by atoms with van der Waals surface area (Å²) in [6, 6.07) is 19.2. The summed E-state index contributed by atoms with van der Waals surface area (Å²) in [6.45, 7) is 9.67. The lowest BCUT2D eigenvalue weighted by Crippen LogP contribution is -2.50. The maximum atomic E-state index is 2.88. The van der Waals surface area contributed by atoms with Gasteiger partial charge in [0.25, 0.3) is 0 Å². The Balaban J connectivity index is 1.66. The lowest BCUT2D eigenvalue weighted by molar-refractivity contribution is 0.0269. The van der Waals surface area contributed by atoms with Crippen LogP contribution in [0.3, 0.4) is 0 Å². The van der Waals surface area contributed by atoms with Crippen LogP contribution < -0.4 is 4.90 Å². The van der Waals surface area contributed by atoms with E-state index < -0.39 is 0 Å². The second kappa shape index (κ2) is 6.10. The van der Waals surface area contributed by atoms with Crippen LogP contribution in [0.1, 0.15) is 69.2 Å². The molecule has 3 aliphatic rings. The van der Waals surface area contributed by atoms with Crippen LogP contribution in [0.4, 0.5) is 5.69 Å². The van der Waals surface area contributed by atoms with Crippen LogP contribution in [0.5, 0.6) is 0 Å². The van der Waals surface area contributed by atoms with E-state index in [0.717, 1.165) is 5.92 Å². The molecule has 0 spiro atoms. The average Bonchev–Trinajstić information content (AvgIpc) is 3.35. The molecule has 2 aliphatic heterocycles. The van der Waals surface area contributed by atoms with E-state index in [-0.39, 0.29) is 5.54 Å². The molecular weight excluding hydrogens is 328 g/mol. The zero-order valence-corrected chi connectivity index (χ0v) is 17.2. The van der Waals surface area contributed by atoms with Gasteiger partial charge in [-0.25, -0.2) is 0 Å². The Morgan fingerprint density at radius 3 is 2.33 bits per heavy atom. The summed E-state index contributed by atoms with van der Waals surface area (Å²) in [7, 11) is 0. The van der Waals surface area contributed by atoms with Gasteiger partial charge in [0.2, 0.25) is 0 Å². The van der Waals surface area contributed by atoms with Gasteiger partial charge >= 0.3 is 0 Å². The molecule has 0 radical (unpaired) electrons. The van der Waals surface area contributed by atoms with Gasteiger partial charge in [-0.2, -0.15) is 0 Å². The van der Waals surface area contributed by atoms with Crippen LogP contribution in [-0.4, -0.2) is 17.1 Å². The van der Waals surface area contributed by atoms with Crippen molar-refractivity contribution in [3.63, 3.8) is 0 Å². The van der Waals surface area contributed by atoms with Crippen molar-refractivity contribution in [2.45, 2.75) is 77.2 Å². The maximum absolute atomic E-state index is 2.88. The van der Waals surface area contributed by atoms with Gasteiger partial charge in [0, 0.05) is 17.3 Å². The van der Waals surface area contributed by atoms with Gasteiger partial charge in [-0.3, -0.25) is 4.90 Å². The van der Waals surface area contributed by atoms with Crippen molar-refractivity contribution < 1.29 is 0 Å². The molecule has 1 saturated carbocycles. The summed E-state index contributed by atoms with van der Waals surface area (Å²) in [5.41, 5.74) is 6.11. The number of fused-ring (bicyclic) bond motifs is 3. The van der Waals surface area contributed by atoms with Crippen LogP contribution >= 0.6 is 0 Å². The highest BCUT2D eigenvalue weighted by Gasteiger charge is 2.59. The zero-order chi connectivity index (χ0) is 18.8. The Hall–Kier alpha value is -1.80. The topological polar surface area (TPSA) is 6.48 Å². The molecule has 2 nitrogen and oxygen atoms in total. The first-order valence-corrected chi connectivity index (χ1v) is 10.8. The minimum absolute atomic E-state index is 0.156. The molecule has 27 heavy (non-hydrogen) atoms. The van der Waals surface area contributed by atoms with E-state index in [1.54, 1.807) is 11.1 Å². The van der Waals surface area contributed by atoms with Crippen molar-refractivity contribution in [1.82, 2.24) is 4.90 Å². The third kappa shape index (κ3) is 2.23. The summed E-state index contributed by atoms with van der Waals surface area (Å²) in [5.74, 6) is 0.773. The summed E-state index contributed by atoms with van der Waals surface area (Å²) < 4.78 is 0. The highest BCUT2D eigenvalue weighted by Crippen LogP contribution is 2.59. The fraction of sp³-hybridized carbons (Fsp3) is 0.520. The summed E-state index contributed by atoms with van der Waals surface area (Å²) in [4.78, 5) is 5.56. The number of nitrogens with zero attached hydrogens (tertiary/aromatic N) is 2. The van der Waals surface area contributed by atoms with E-state index in [0.29, 0.717) is 18.2 Å². The molecule has 3 unspecified atom stereocenters. The first-order valence-electron chi connectivity index (χ1n) is 10.8. The number of benzene rings is 2. The molecule has 2 aromatic rings. The summed E-state index contributed by atoms with van der Waals surface area (Å²) in [6.07, 6.45) is 5.95. The number of rotatable bonds is 2. The number of para-hydroxylation sites is 1. The van der Waals surface area contributed by atoms with Crippen LogP contribution in [0.2, 0.25) is 0 Å². The molecule has 4 atom stereocenters. The third-order valence-electron chi connectivity index (χ3n) is 7.91. The molecule has 5 rings (SSSR count). The minimum Gasteiger partial charge on any atom is -0.351 e. The molecule has 142 valence electrons. The van der Waals surface area contributed by atoms with Gasteiger partial charge < -0.3 is 4.90 Å². The van der Waals surface area contributed by atoms with E-state index in [1.807, 2.05) is 0 Å². The number of hydrogen-bond acceptors (Lipinski definition) is 2. The molecule has 2 heterocycles. The summed E-state index contributed by atoms with van der Waals surface area (Å²) >= 11 is 0. The Morgan fingerprint density at radius 2 is 1.59 bits per heavy atom. The smallest absolute Gasteiger partial charge is 0.0809 e. The Morgan fingerprint density at radius 1 is 0.926 bits per heavy atom. The predicted octanol–water partition coefficient (Wildman–Crippen LogP) is 6.01. The second-order valence-electron chi connectivity index (χ2n) is 9.13. The van der Waals surface area contributed by atoms with Crippen molar-refractivity contribution in [2.75, 3.05) is 4.90 Å². The van der Waals surface area contributed by atoms with E-state index in [9.17, 15) is 0 Å².